The van der Waals surface area contributed by atoms with Crippen LogP contribution in [-0.2, 0) is 11.2 Å². The first-order chi connectivity index (χ1) is 23.3. The Hall–Kier alpha value is -3.68. The highest BCUT2D eigenvalue weighted by atomic mass is 35.5. The highest BCUT2D eigenvalue weighted by Gasteiger charge is 2.49. The second kappa shape index (κ2) is 12.6. The standard InChI is InChI=1S/C34H39ClF2N8O3/c35-24-12-25-22(15-40-43-25)28(21(24)4-1-2-5-27(46)45-11-7-19-6-9-38-16-26(19)45)31-29(37)30-23(14-39-31)32(47)42-33(41-30)48-18-34-8-3-10-44(34)17-20(36)13-34/h12,14-15,19-20,26,38H,1-11,13,16-18H2,(H,40,43)(H,41,42,47)/t19?,20-,26+,34+/m1/s1. The normalized spacial score (nSPS) is 25.6. The molecular formula is C34H39ClF2N8O3. The maximum Gasteiger partial charge on any atom is 0.297 e. The van der Waals surface area contributed by atoms with Gasteiger partial charge >= 0.3 is 0 Å². The maximum absolute atomic E-state index is 16.5. The van der Waals surface area contributed by atoms with Crippen LogP contribution in [0.5, 0.6) is 6.01 Å². The van der Waals surface area contributed by atoms with Gasteiger partial charge in [0.2, 0.25) is 5.91 Å². The van der Waals surface area contributed by atoms with Crippen LogP contribution in [0.4, 0.5) is 8.78 Å². The molecule has 0 radical (unpaired) electrons. The third-order valence-electron chi connectivity index (χ3n) is 11.1. The minimum atomic E-state index is -0.928. The van der Waals surface area contributed by atoms with Gasteiger partial charge in [-0.25, -0.2) is 8.78 Å². The summed E-state index contributed by atoms with van der Waals surface area (Å²) in [5.74, 6) is -0.0131. The van der Waals surface area contributed by atoms with E-state index in [9.17, 15) is 14.0 Å². The zero-order chi connectivity index (χ0) is 33.0. The molecule has 4 aliphatic rings. The number of rotatable bonds is 9. The fraction of sp³-hybridized carbons (Fsp3) is 0.559. The maximum atomic E-state index is 16.5. The molecule has 0 saturated carbocycles. The van der Waals surface area contributed by atoms with Crippen molar-refractivity contribution in [2.75, 3.05) is 39.3 Å². The molecule has 8 rings (SSSR count). The van der Waals surface area contributed by atoms with E-state index in [1.807, 2.05) is 4.90 Å². The lowest BCUT2D eigenvalue weighted by molar-refractivity contribution is -0.132. The van der Waals surface area contributed by atoms with Gasteiger partial charge in [-0.2, -0.15) is 10.1 Å². The molecule has 14 heteroatoms. The second-order valence-electron chi connectivity index (χ2n) is 13.9. The smallest absolute Gasteiger partial charge is 0.297 e. The molecule has 1 aromatic carbocycles. The van der Waals surface area contributed by atoms with Crippen LogP contribution in [0, 0.1) is 11.7 Å². The summed E-state index contributed by atoms with van der Waals surface area (Å²) in [4.78, 5) is 41.7. The predicted octanol–water partition coefficient (Wildman–Crippen LogP) is 4.53. The number of fused-ring (bicyclic) bond motifs is 4. The fourth-order valence-electron chi connectivity index (χ4n) is 8.66. The summed E-state index contributed by atoms with van der Waals surface area (Å²) in [5, 5.41) is 11.5. The summed E-state index contributed by atoms with van der Waals surface area (Å²) in [5.41, 5.74) is 0.557. The van der Waals surface area contributed by atoms with Gasteiger partial charge in [0.05, 0.1) is 22.6 Å². The molecule has 0 aliphatic carbocycles. The van der Waals surface area contributed by atoms with Gasteiger partial charge in [-0.3, -0.25) is 29.6 Å². The van der Waals surface area contributed by atoms with E-state index in [0.717, 1.165) is 51.9 Å². The summed E-state index contributed by atoms with van der Waals surface area (Å²) in [6.07, 6.45) is 8.50. The minimum absolute atomic E-state index is 0.00365. The molecule has 4 fully saturated rings. The number of amides is 1. The number of nitrogens with zero attached hydrogens (tertiary/aromatic N) is 5. The SMILES string of the molecule is O=C(CCCCc1c(Cl)cc2[nH]ncc2c1-c1ncc2c(=O)[nH]c(OC[C@@]34CCCN3C[C@H](F)C4)nc2c1F)N1CCC2CCNC[C@@H]21. The Balaban J connectivity index is 1.05. The van der Waals surface area contributed by atoms with Crippen molar-refractivity contribution in [1.29, 1.82) is 0 Å². The van der Waals surface area contributed by atoms with Crippen molar-refractivity contribution in [2.24, 2.45) is 5.92 Å². The van der Waals surface area contributed by atoms with Crippen LogP contribution in [-0.4, -0.2) is 97.9 Å². The van der Waals surface area contributed by atoms with Crippen LogP contribution < -0.4 is 15.6 Å². The van der Waals surface area contributed by atoms with Crippen LogP contribution in [0.15, 0.2) is 23.3 Å². The first-order valence-corrected chi connectivity index (χ1v) is 17.4. The van der Waals surface area contributed by atoms with Crippen molar-refractivity contribution in [1.82, 2.24) is 40.3 Å². The largest absolute Gasteiger partial charge is 0.463 e. The second-order valence-corrected chi connectivity index (χ2v) is 14.3. The van der Waals surface area contributed by atoms with Crippen LogP contribution in [0.25, 0.3) is 33.1 Å². The molecule has 1 unspecified atom stereocenters. The average molecular weight is 681 g/mol. The number of hydrogen-bond donors (Lipinski definition) is 3. The number of carbonyl (C=O) groups excluding carboxylic acids is 1. The van der Waals surface area contributed by atoms with Gasteiger partial charge in [0, 0.05) is 60.7 Å². The molecular weight excluding hydrogens is 642 g/mol. The van der Waals surface area contributed by atoms with E-state index < -0.39 is 23.1 Å². The molecule has 3 N–H and O–H groups in total. The summed E-state index contributed by atoms with van der Waals surface area (Å²) in [7, 11) is 0. The number of ether oxygens (including phenoxy) is 1. The van der Waals surface area contributed by atoms with Gasteiger partial charge < -0.3 is 15.0 Å². The Labute approximate surface area is 280 Å². The molecule has 0 bridgehead atoms. The number of halogens is 3. The van der Waals surface area contributed by atoms with Gasteiger partial charge in [0.15, 0.2) is 5.82 Å². The third-order valence-corrected chi connectivity index (χ3v) is 11.4. The van der Waals surface area contributed by atoms with Gasteiger partial charge in [-0.15, -0.1) is 0 Å². The van der Waals surface area contributed by atoms with Crippen LogP contribution in [0.1, 0.15) is 56.9 Å². The van der Waals surface area contributed by atoms with Crippen molar-refractivity contribution in [3.8, 4) is 17.3 Å². The lowest BCUT2D eigenvalue weighted by atomic mass is 9.93. The summed E-state index contributed by atoms with van der Waals surface area (Å²) in [6, 6.07) is 1.93. The quantitative estimate of drug-likeness (QED) is 0.220. The molecule has 11 nitrogen and oxygen atoms in total. The molecule has 254 valence electrons. The summed E-state index contributed by atoms with van der Waals surface area (Å²) in [6.45, 7) is 4.00. The number of aromatic amines is 2. The van der Waals surface area contributed by atoms with Gasteiger partial charge in [0.25, 0.3) is 11.6 Å². The predicted molar refractivity (Wildman–Crippen MR) is 177 cm³/mol. The van der Waals surface area contributed by atoms with E-state index in [1.54, 1.807) is 12.3 Å². The molecule has 48 heavy (non-hydrogen) atoms. The van der Waals surface area contributed by atoms with Crippen LogP contribution in [0.2, 0.25) is 5.02 Å². The molecule has 1 amide bonds. The van der Waals surface area contributed by atoms with Crippen LogP contribution >= 0.6 is 11.6 Å². The monoisotopic (exact) mass is 680 g/mol. The molecule has 4 saturated heterocycles. The highest BCUT2D eigenvalue weighted by molar-refractivity contribution is 6.33. The van der Waals surface area contributed by atoms with Crippen molar-refractivity contribution in [3.05, 3.63) is 45.2 Å². The third kappa shape index (κ3) is 5.53. The highest BCUT2D eigenvalue weighted by Crippen LogP contribution is 2.41. The Kier molecular flexibility index (Phi) is 8.32. The van der Waals surface area contributed by atoms with E-state index in [4.69, 9.17) is 16.3 Å². The van der Waals surface area contributed by atoms with Crippen LogP contribution in [0.3, 0.4) is 0 Å². The summed E-state index contributed by atoms with van der Waals surface area (Å²) >= 11 is 6.81. The number of pyridine rings is 1. The number of piperidine rings is 1. The number of benzene rings is 1. The molecule has 4 atom stereocenters. The molecule has 0 spiro atoms. The van der Waals surface area contributed by atoms with E-state index in [2.05, 4.69) is 35.4 Å². The number of alkyl halides is 1. The first-order valence-electron chi connectivity index (χ1n) is 17.1. The van der Waals surface area contributed by atoms with Crippen molar-refractivity contribution in [3.63, 3.8) is 0 Å². The van der Waals surface area contributed by atoms with Gasteiger partial charge in [-0.05, 0) is 75.6 Å². The number of nitrogens with one attached hydrogen (secondary N) is 3. The van der Waals surface area contributed by atoms with E-state index in [-0.39, 0.29) is 41.2 Å². The van der Waals surface area contributed by atoms with Crippen molar-refractivity contribution >= 4 is 39.3 Å². The Bertz CT molecular complexity index is 1940. The number of carbonyl (C=O) groups is 1. The van der Waals surface area contributed by atoms with Gasteiger partial charge in [-0.1, -0.05) is 11.6 Å². The molecule has 3 aromatic heterocycles. The lowest BCUT2D eigenvalue weighted by Gasteiger charge is -2.32. The number of H-pyrrole nitrogens is 2. The van der Waals surface area contributed by atoms with E-state index >= 15 is 4.39 Å². The zero-order valence-electron chi connectivity index (χ0n) is 26.7. The van der Waals surface area contributed by atoms with Crippen molar-refractivity contribution in [2.45, 2.75) is 75.5 Å². The lowest BCUT2D eigenvalue weighted by Crippen LogP contribution is -2.47. The molecule has 4 aromatic rings. The zero-order valence-corrected chi connectivity index (χ0v) is 27.4. The number of likely N-dealkylation sites (tertiary alicyclic amines) is 1. The molecule has 4 aliphatic heterocycles. The molecule has 7 heterocycles. The number of aromatic nitrogens is 5. The minimum Gasteiger partial charge on any atom is -0.463 e. The van der Waals surface area contributed by atoms with Crippen molar-refractivity contribution < 1.29 is 18.3 Å². The Morgan fingerprint density at radius 3 is 2.98 bits per heavy atom. The Morgan fingerprint density at radius 1 is 1.19 bits per heavy atom. The topological polar surface area (TPSA) is 132 Å². The first kappa shape index (κ1) is 31.6. The number of unbranched alkanes of at least 4 members (excludes halogenated alkanes) is 1. The van der Waals surface area contributed by atoms with E-state index in [1.165, 1.54) is 6.20 Å². The fourth-order valence-corrected chi connectivity index (χ4v) is 8.95. The summed E-state index contributed by atoms with van der Waals surface area (Å²) < 4.78 is 36.8. The average Bonchev–Trinajstić information content (AvgIpc) is 3.86. The van der Waals surface area contributed by atoms with Gasteiger partial charge in [0.1, 0.15) is 24.0 Å². The van der Waals surface area contributed by atoms with E-state index in [0.29, 0.717) is 71.6 Å². The Morgan fingerprint density at radius 2 is 2.08 bits per heavy atom. The number of hydrogen-bond acceptors (Lipinski definition) is 8.